The lowest BCUT2D eigenvalue weighted by Crippen LogP contribution is -2.33. The molecule has 0 bridgehead atoms. The number of aromatic amines is 2. The van der Waals surface area contributed by atoms with Crippen LogP contribution in [0.1, 0.15) is 23.9 Å². The number of aliphatic hydroxyl groups is 1. The molecule has 4 atom stereocenters. The van der Waals surface area contributed by atoms with Crippen LogP contribution in [-0.2, 0) is 20.5 Å². The normalized spacial score (nSPS) is 22.5. The molecule has 0 radical (unpaired) electrons. The van der Waals surface area contributed by atoms with E-state index in [4.69, 9.17) is 10.5 Å². The quantitative estimate of drug-likeness (QED) is 0.380. The third-order valence-corrected chi connectivity index (χ3v) is 4.54. The van der Waals surface area contributed by atoms with Crippen molar-refractivity contribution in [3.8, 4) is 0 Å². The third-order valence-electron chi connectivity index (χ3n) is 4.38. The van der Waals surface area contributed by atoms with E-state index >= 15 is 0 Å². The Kier molecular flexibility index (Phi) is 6.63. The van der Waals surface area contributed by atoms with E-state index in [-0.39, 0.29) is 37.5 Å². The average molecular weight is 425 g/mol. The van der Waals surface area contributed by atoms with Crippen LogP contribution < -0.4 is 16.6 Å². The number of H-pyrrole nitrogens is 2. The van der Waals surface area contributed by atoms with Crippen molar-refractivity contribution in [3.63, 3.8) is 0 Å². The van der Waals surface area contributed by atoms with Gasteiger partial charge in [0.25, 0.3) is 5.56 Å². The van der Waals surface area contributed by atoms with Crippen molar-refractivity contribution in [2.24, 2.45) is 0 Å². The highest BCUT2D eigenvalue weighted by atomic mass is 31.0. The van der Waals surface area contributed by atoms with Crippen LogP contribution in [0.3, 0.4) is 0 Å². The predicted octanol–water partition coefficient (Wildman–Crippen LogP) is -0.913. The first-order valence-electron chi connectivity index (χ1n) is 9.36. The Bertz CT molecular complexity index is 991. The van der Waals surface area contributed by atoms with Gasteiger partial charge in [0.1, 0.15) is 12.3 Å². The summed E-state index contributed by atoms with van der Waals surface area (Å²) in [5, 5.41) is 12.8. The summed E-state index contributed by atoms with van der Waals surface area (Å²) in [6.07, 6.45) is 5.49. The number of ether oxygens (including phenoxy) is 1. The van der Waals surface area contributed by atoms with Gasteiger partial charge in [0.05, 0.1) is 32.3 Å². The molecule has 0 saturated carbocycles. The van der Waals surface area contributed by atoms with Crippen molar-refractivity contribution in [2.75, 3.05) is 13.2 Å². The first-order valence-corrected chi connectivity index (χ1v) is 9.26. The number of imidazole rings is 1. The first kappa shape index (κ1) is 19.7. The van der Waals surface area contributed by atoms with Crippen LogP contribution in [-0.4, -0.2) is 57.2 Å². The molecule has 3 rings (SSSR count). The van der Waals surface area contributed by atoms with E-state index in [1.165, 1.54) is 23.2 Å². The molecule has 1 saturated heterocycles. The monoisotopic (exact) mass is 425 g/mol. The fourth-order valence-corrected chi connectivity index (χ4v) is 3.09. The minimum atomic E-state index is -0.853. The Morgan fingerprint density at radius 2 is 2.45 bits per heavy atom. The van der Waals surface area contributed by atoms with Crippen LogP contribution >= 0.6 is 9.41 Å². The molecule has 0 aromatic carbocycles. The highest BCUT2D eigenvalue weighted by molar-refractivity contribution is 7.09. The Labute approximate surface area is 168 Å². The maximum atomic E-state index is 12.2. The van der Waals surface area contributed by atoms with E-state index in [1.54, 1.807) is 12.3 Å². The van der Waals surface area contributed by atoms with Gasteiger partial charge < -0.3 is 24.7 Å². The van der Waals surface area contributed by atoms with Crippen LogP contribution in [0.4, 0.5) is 0 Å². The molecule has 156 valence electrons. The maximum Gasteiger partial charge on any atom is 0.330 e. The van der Waals surface area contributed by atoms with Gasteiger partial charge in [0.2, 0.25) is 5.91 Å². The molecule has 12 heteroatoms. The third kappa shape index (κ3) is 5.48. The molecular weight excluding hydrogens is 401 g/mol. The Morgan fingerprint density at radius 3 is 3.21 bits per heavy atom. The molecule has 1 aliphatic rings. The van der Waals surface area contributed by atoms with Crippen LogP contribution in [0, 0.1) is 0 Å². The lowest BCUT2D eigenvalue weighted by Gasteiger charge is -2.15. The smallest absolute Gasteiger partial charge is 0.330 e. The molecule has 4 N–H and O–H groups in total. The van der Waals surface area contributed by atoms with Crippen molar-refractivity contribution in [1.82, 2.24) is 24.8 Å². The van der Waals surface area contributed by atoms with E-state index < -0.39 is 39.1 Å². The van der Waals surface area contributed by atoms with Crippen molar-refractivity contribution in [3.05, 3.63) is 56.9 Å². The van der Waals surface area contributed by atoms with Crippen molar-refractivity contribution < 1.29 is 19.2 Å². The number of nitrogens with zero attached hydrogens (tertiary/aromatic N) is 2. The fourth-order valence-electron chi connectivity index (χ4n) is 2.93. The predicted molar refractivity (Wildman–Crippen MR) is 106 cm³/mol. The summed E-state index contributed by atoms with van der Waals surface area (Å²) in [5.41, 5.74) is -0.357. The lowest BCUT2D eigenvalue weighted by atomic mass is 10.2. The van der Waals surface area contributed by atoms with Crippen LogP contribution in [0.25, 0.3) is 6.08 Å². The summed E-state index contributed by atoms with van der Waals surface area (Å²) >= 11 is 0. The number of nitrogens with one attached hydrogen (secondary N) is 3. The number of hydrogen-bond acceptors (Lipinski definition) is 7. The standard InChI is InChI=1S/C17H22N5O6P/c23-12-5-15(28-13(12)8-27-29)22-7-10(16(25)21-17(22)26)2-1-3-19-14(24)4-11-6-18-9-20-11/h1-2,6-7,9,12-13,15,23H,3-5,8,29H2,(H,18,20)(H,19,24)(H,21,25,26)/i29T. The van der Waals surface area contributed by atoms with Gasteiger partial charge in [-0.05, 0) is 0 Å². The molecule has 29 heavy (non-hydrogen) atoms. The summed E-state index contributed by atoms with van der Waals surface area (Å²) in [4.78, 5) is 45.0. The SMILES string of the molecule is [3H]POCC1OC(n2cc(C=CCNC(=O)Cc3cnc[nH]3)c(=O)[nH]c2=O)CC1O. The second-order valence-corrected chi connectivity index (χ2v) is 6.74. The zero-order valence-electron chi connectivity index (χ0n) is 16.3. The molecule has 3 heterocycles. The van der Waals surface area contributed by atoms with E-state index in [0.717, 1.165) is 0 Å². The summed E-state index contributed by atoms with van der Waals surface area (Å²) in [6.45, 7) is 0.236. The van der Waals surface area contributed by atoms with Crippen LogP contribution in [0.5, 0.6) is 0 Å². The molecule has 0 spiro atoms. The summed E-state index contributed by atoms with van der Waals surface area (Å²) in [5.74, 6) is -0.210. The number of carbonyl (C=O) groups excluding carboxylic acids is 1. The van der Waals surface area contributed by atoms with E-state index in [9.17, 15) is 19.5 Å². The number of hydrogen-bond donors (Lipinski definition) is 4. The van der Waals surface area contributed by atoms with E-state index in [2.05, 4.69) is 20.3 Å². The van der Waals surface area contributed by atoms with Crippen molar-refractivity contribution in [1.29, 1.82) is 1.28 Å². The second-order valence-electron chi connectivity index (χ2n) is 6.45. The molecule has 2 aromatic rings. The minimum absolute atomic E-state index is 0.0444. The van der Waals surface area contributed by atoms with Gasteiger partial charge in [0.15, 0.2) is 0 Å². The zero-order chi connectivity index (χ0) is 21.5. The second kappa shape index (κ2) is 9.75. The highest BCUT2D eigenvalue weighted by Gasteiger charge is 2.35. The molecule has 11 nitrogen and oxygen atoms in total. The number of carbonyl (C=O) groups is 1. The van der Waals surface area contributed by atoms with E-state index in [0.29, 0.717) is 5.69 Å². The Morgan fingerprint density at radius 1 is 1.59 bits per heavy atom. The molecule has 2 aromatic heterocycles. The number of aliphatic hydroxyl groups excluding tert-OH is 1. The Balaban J connectivity index is 1.62. The fraction of sp³-hybridized carbons (Fsp3) is 0.412. The van der Waals surface area contributed by atoms with E-state index in [1.807, 2.05) is 0 Å². The topological polar surface area (TPSA) is 151 Å². The molecule has 4 unspecified atom stereocenters. The molecule has 1 amide bonds. The molecule has 0 aliphatic carbocycles. The molecule has 1 aliphatic heterocycles. The van der Waals surface area contributed by atoms with Gasteiger partial charge in [-0.1, -0.05) is 12.2 Å². The maximum absolute atomic E-state index is 12.2. The minimum Gasteiger partial charge on any atom is -0.390 e. The number of rotatable bonds is 9. The lowest BCUT2D eigenvalue weighted by molar-refractivity contribution is -0.120. The number of aromatic nitrogens is 4. The largest absolute Gasteiger partial charge is 0.390 e. The summed E-state index contributed by atoms with van der Waals surface area (Å²) < 4.78 is 18.8. The number of amides is 1. The van der Waals surface area contributed by atoms with Crippen LogP contribution in [0.15, 0.2) is 34.4 Å². The molecule has 1 fully saturated rings. The van der Waals surface area contributed by atoms with Gasteiger partial charge in [-0.2, -0.15) is 0 Å². The van der Waals surface area contributed by atoms with Gasteiger partial charge in [0, 0.05) is 40.5 Å². The van der Waals surface area contributed by atoms with Gasteiger partial charge in [-0.15, -0.1) is 0 Å². The first-order chi connectivity index (χ1) is 14.5. The average Bonchev–Trinajstić information content (AvgIpc) is 3.34. The van der Waals surface area contributed by atoms with Crippen molar-refractivity contribution in [2.45, 2.75) is 31.3 Å². The summed E-state index contributed by atoms with van der Waals surface area (Å²) in [7, 11) is -0.484. The molecular formula is C17H22N5O6P. The zero-order valence-corrected chi connectivity index (χ0v) is 16.3. The Hall–Kier alpha value is -2.59. The van der Waals surface area contributed by atoms with Gasteiger partial charge in [-0.25, -0.2) is 9.78 Å². The summed E-state index contributed by atoms with van der Waals surface area (Å²) in [6, 6.07) is 0. The van der Waals surface area contributed by atoms with Crippen LogP contribution in [0.2, 0.25) is 0 Å². The van der Waals surface area contributed by atoms with Crippen molar-refractivity contribution >= 4 is 21.4 Å². The van der Waals surface area contributed by atoms with Gasteiger partial charge in [-0.3, -0.25) is 19.1 Å². The van der Waals surface area contributed by atoms with Gasteiger partial charge >= 0.3 is 5.69 Å². The highest BCUT2D eigenvalue weighted by Crippen LogP contribution is 2.28.